The van der Waals surface area contributed by atoms with Gasteiger partial charge >= 0.3 is 5.76 Å². The summed E-state index contributed by atoms with van der Waals surface area (Å²) in [7, 11) is 0. The van der Waals surface area contributed by atoms with Crippen molar-refractivity contribution in [1.29, 1.82) is 0 Å². The topological polar surface area (TPSA) is 44.4 Å². The molecule has 0 radical (unpaired) electrons. The van der Waals surface area contributed by atoms with Gasteiger partial charge in [-0.25, -0.2) is 13.8 Å². The maximum atomic E-state index is 14.5. The Bertz CT molecular complexity index is 821. The Morgan fingerprint density at radius 2 is 1.96 bits per heavy atom. The lowest BCUT2D eigenvalue weighted by Crippen LogP contribution is -2.15. The molecule has 7 heteroatoms. The highest BCUT2D eigenvalue weighted by Gasteiger charge is 2.28. The van der Waals surface area contributed by atoms with Crippen LogP contribution >= 0.6 is 23.2 Å². The first kappa shape index (κ1) is 19.9. The predicted octanol–water partition coefficient (Wildman–Crippen LogP) is 5.74. The predicted molar refractivity (Wildman–Crippen MR) is 98.0 cm³/mol. The van der Waals surface area contributed by atoms with E-state index in [-0.39, 0.29) is 27.7 Å². The van der Waals surface area contributed by atoms with Crippen LogP contribution in [0.4, 0.5) is 4.39 Å². The number of hydrogen-bond acceptors (Lipinski definition) is 3. The van der Waals surface area contributed by atoms with Gasteiger partial charge in [0.25, 0.3) is 0 Å². The van der Waals surface area contributed by atoms with Crippen LogP contribution in [0.1, 0.15) is 53.2 Å². The average Bonchev–Trinajstić information content (AvgIpc) is 2.78. The van der Waals surface area contributed by atoms with Crippen molar-refractivity contribution in [1.82, 2.24) is 4.57 Å². The summed E-state index contributed by atoms with van der Waals surface area (Å²) in [5.74, 6) is -0.870. The zero-order valence-corrected chi connectivity index (χ0v) is 16.5. The Kier molecular flexibility index (Phi) is 5.89. The molecule has 0 saturated carbocycles. The second-order valence-electron chi connectivity index (χ2n) is 7.02. The summed E-state index contributed by atoms with van der Waals surface area (Å²) in [6.07, 6.45) is 1.67. The van der Waals surface area contributed by atoms with Crippen LogP contribution in [-0.4, -0.2) is 10.7 Å². The Labute approximate surface area is 156 Å². The fraction of sp³-hybridized carbons (Fsp3) is 0.500. The monoisotopic (exact) mass is 389 g/mol. The number of halogens is 3. The van der Waals surface area contributed by atoms with Crippen molar-refractivity contribution in [3.05, 3.63) is 44.4 Å². The smallest absolute Gasteiger partial charge is 0.425 e. The van der Waals surface area contributed by atoms with E-state index in [1.54, 1.807) is 0 Å². The standard InChI is InChI=1S/C18H22Cl2FNO3/c1-6-7-10(2)24-14-9-13(12(21)8-11(14)19)22-16(20)15(18(3,4)5)25-17(22)23/h8-10H,6-7H2,1-5H3. The lowest BCUT2D eigenvalue weighted by Gasteiger charge is -2.17. The van der Waals surface area contributed by atoms with Gasteiger partial charge in [-0.1, -0.05) is 57.3 Å². The molecule has 2 aromatic rings. The van der Waals surface area contributed by atoms with E-state index < -0.39 is 17.0 Å². The average molecular weight is 390 g/mol. The van der Waals surface area contributed by atoms with E-state index in [9.17, 15) is 9.18 Å². The second-order valence-corrected chi connectivity index (χ2v) is 7.79. The van der Waals surface area contributed by atoms with Crippen LogP contribution in [0.15, 0.2) is 21.3 Å². The number of oxazole rings is 1. The third-order valence-corrected chi connectivity index (χ3v) is 4.34. The van der Waals surface area contributed by atoms with E-state index in [0.717, 1.165) is 23.5 Å². The second kappa shape index (κ2) is 7.42. The molecule has 1 atom stereocenters. The molecule has 25 heavy (non-hydrogen) atoms. The van der Waals surface area contributed by atoms with Gasteiger partial charge in [0.2, 0.25) is 0 Å². The SMILES string of the molecule is CCCC(C)Oc1cc(-n2c(Cl)c(C(C)(C)C)oc2=O)c(F)cc1Cl. The molecule has 0 spiro atoms. The van der Waals surface area contributed by atoms with Crippen molar-refractivity contribution in [2.45, 2.75) is 59.0 Å². The minimum absolute atomic E-state index is 0.0336. The normalized spacial score (nSPS) is 13.1. The quantitative estimate of drug-likeness (QED) is 0.654. The van der Waals surface area contributed by atoms with E-state index in [4.69, 9.17) is 32.4 Å². The lowest BCUT2D eigenvalue weighted by molar-refractivity contribution is 0.210. The first-order chi connectivity index (χ1) is 11.6. The van der Waals surface area contributed by atoms with Crippen LogP contribution in [0.5, 0.6) is 5.75 Å². The van der Waals surface area contributed by atoms with Crippen molar-refractivity contribution in [3.63, 3.8) is 0 Å². The van der Waals surface area contributed by atoms with Crippen LogP contribution in [-0.2, 0) is 5.41 Å². The Hall–Kier alpha value is -1.46. The van der Waals surface area contributed by atoms with Gasteiger partial charge in [0.1, 0.15) is 11.6 Å². The summed E-state index contributed by atoms with van der Waals surface area (Å²) in [5.41, 5.74) is -0.559. The van der Waals surface area contributed by atoms with Gasteiger partial charge in [-0.05, 0) is 19.4 Å². The number of aromatic nitrogens is 1. The number of ether oxygens (including phenoxy) is 1. The fourth-order valence-electron chi connectivity index (χ4n) is 2.49. The van der Waals surface area contributed by atoms with Gasteiger partial charge in [-0.2, -0.15) is 0 Å². The zero-order chi connectivity index (χ0) is 18.9. The maximum absolute atomic E-state index is 14.5. The van der Waals surface area contributed by atoms with Crippen LogP contribution in [0.25, 0.3) is 5.69 Å². The minimum Gasteiger partial charge on any atom is -0.489 e. The number of hydrogen-bond donors (Lipinski definition) is 0. The molecule has 2 rings (SSSR count). The molecule has 0 fully saturated rings. The molecule has 0 saturated heterocycles. The van der Waals surface area contributed by atoms with Crippen molar-refractivity contribution in [2.75, 3.05) is 0 Å². The largest absolute Gasteiger partial charge is 0.489 e. The summed E-state index contributed by atoms with van der Waals surface area (Å²) in [4.78, 5) is 12.3. The fourth-order valence-corrected chi connectivity index (χ4v) is 3.16. The van der Waals surface area contributed by atoms with Gasteiger partial charge in [0, 0.05) is 11.5 Å². The Morgan fingerprint density at radius 3 is 2.48 bits per heavy atom. The number of nitrogens with zero attached hydrogens (tertiary/aromatic N) is 1. The highest BCUT2D eigenvalue weighted by Crippen LogP contribution is 2.34. The van der Waals surface area contributed by atoms with Crippen LogP contribution in [0.3, 0.4) is 0 Å². The van der Waals surface area contributed by atoms with Gasteiger partial charge in [0.15, 0.2) is 10.9 Å². The molecular weight excluding hydrogens is 368 g/mol. The van der Waals surface area contributed by atoms with Crippen molar-refractivity contribution < 1.29 is 13.5 Å². The lowest BCUT2D eigenvalue weighted by atomic mass is 9.94. The van der Waals surface area contributed by atoms with E-state index in [2.05, 4.69) is 0 Å². The van der Waals surface area contributed by atoms with E-state index in [0.29, 0.717) is 5.75 Å². The van der Waals surface area contributed by atoms with Crippen molar-refractivity contribution in [2.24, 2.45) is 0 Å². The van der Waals surface area contributed by atoms with Crippen LogP contribution in [0.2, 0.25) is 10.2 Å². The summed E-state index contributed by atoms with van der Waals surface area (Å²) in [5, 5.41) is 0.166. The number of benzene rings is 1. The van der Waals surface area contributed by atoms with Crippen molar-refractivity contribution >= 4 is 23.2 Å². The molecule has 0 aliphatic rings. The van der Waals surface area contributed by atoms with Gasteiger partial charge in [-0.3, -0.25) is 0 Å². The molecule has 0 aliphatic carbocycles. The molecule has 1 aromatic carbocycles. The molecule has 1 unspecified atom stereocenters. The highest BCUT2D eigenvalue weighted by molar-refractivity contribution is 6.32. The van der Waals surface area contributed by atoms with Gasteiger partial charge in [-0.15, -0.1) is 0 Å². The molecule has 0 amide bonds. The van der Waals surface area contributed by atoms with Crippen LogP contribution < -0.4 is 10.5 Å². The molecule has 0 N–H and O–H groups in total. The molecular formula is C18H22Cl2FNO3. The number of rotatable bonds is 5. The zero-order valence-electron chi connectivity index (χ0n) is 15.0. The first-order valence-corrected chi connectivity index (χ1v) is 8.89. The van der Waals surface area contributed by atoms with E-state index >= 15 is 0 Å². The first-order valence-electron chi connectivity index (χ1n) is 8.14. The van der Waals surface area contributed by atoms with Gasteiger partial charge in [0.05, 0.1) is 16.8 Å². The summed E-state index contributed by atoms with van der Waals surface area (Å²) >= 11 is 12.4. The molecule has 4 nitrogen and oxygen atoms in total. The Morgan fingerprint density at radius 1 is 1.32 bits per heavy atom. The third-order valence-electron chi connectivity index (χ3n) is 3.70. The summed E-state index contributed by atoms with van der Waals surface area (Å²) in [6, 6.07) is 2.48. The molecule has 1 aromatic heterocycles. The van der Waals surface area contributed by atoms with E-state index in [1.165, 1.54) is 6.07 Å². The summed E-state index contributed by atoms with van der Waals surface area (Å²) < 4.78 is 26.5. The Balaban J connectivity index is 2.57. The molecule has 138 valence electrons. The molecule has 1 heterocycles. The van der Waals surface area contributed by atoms with E-state index in [1.807, 2.05) is 34.6 Å². The van der Waals surface area contributed by atoms with Crippen LogP contribution in [0, 0.1) is 5.82 Å². The van der Waals surface area contributed by atoms with Crippen molar-refractivity contribution in [3.8, 4) is 11.4 Å². The minimum atomic E-state index is -0.760. The maximum Gasteiger partial charge on any atom is 0.425 e. The molecule has 0 aliphatic heterocycles. The highest BCUT2D eigenvalue weighted by atomic mass is 35.5. The van der Waals surface area contributed by atoms with Gasteiger partial charge < -0.3 is 9.15 Å². The summed E-state index contributed by atoms with van der Waals surface area (Å²) in [6.45, 7) is 9.48. The molecule has 0 bridgehead atoms. The third kappa shape index (κ3) is 4.21.